The third-order valence-electron chi connectivity index (χ3n) is 2.78. The van der Waals surface area contributed by atoms with Crippen LogP contribution in [0.3, 0.4) is 0 Å². The Hall–Kier alpha value is -1.67. The summed E-state index contributed by atoms with van der Waals surface area (Å²) in [7, 11) is -3.30. The van der Waals surface area contributed by atoms with Crippen LogP contribution in [0.2, 0.25) is 0 Å². The average Bonchev–Trinajstić information content (AvgIpc) is 2.52. The predicted molar refractivity (Wildman–Crippen MR) is 78.7 cm³/mol. The van der Waals surface area contributed by atoms with Crippen molar-refractivity contribution in [1.29, 1.82) is 0 Å². The molecule has 0 amide bonds. The number of hydrogen-bond acceptors (Lipinski definition) is 5. The van der Waals surface area contributed by atoms with Crippen molar-refractivity contribution in [2.75, 3.05) is 12.0 Å². The molecule has 0 aliphatic rings. The van der Waals surface area contributed by atoms with E-state index in [1.54, 1.807) is 18.4 Å². The fourth-order valence-corrected chi connectivity index (χ4v) is 3.27. The third-order valence-corrected chi connectivity index (χ3v) is 3.70. The Morgan fingerprint density at radius 2 is 2.00 bits per heavy atom. The molecule has 2 aromatic heterocycles. The van der Waals surface area contributed by atoms with Crippen LogP contribution in [0.1, 0.15) is 19.5 Å². The molecule has 2 aromatic rings. The van der Waals surface area contributed by atoms with E-state index in [0.717, 1.165) is 11.9 Å². The van der Waals surface area contributed by atoms with Gasteiger partial charge in [-0.1, -0.05) is 0 Å². The summed E-state index contributed by atoms with van der Waals surface area (Å²) in [6.45, 7) is 5.80. The van der Waals surface area contributed by atoms with E-state index in [1.165, 1.54) is 0 Å². The normalized spacial score (nSPS) is 13.0. The zero-order valence-electron chi connectivity index (χ0n) is 12.0. The predicted octanol–water partition coefficient (Wildman–Crippen LogP) is 0.650. The highest BCUT2D eigenvalue weighted by molar-refractivity contribution is 7.88. The summed E-state index contributed by atoms with van der Waals surface area (Å²) < 4.78 is 27.1. The second-order valence-electron chi connectivity index (χ2n) is 5.61. The van der Waals surface area contributed by atoms with E-state index in [-0.39, 0.29) is 0 Å². The molecule has 0 saturated carbocycles. The van der Waals surface area contributed by atoms with E-state index in [4.69, 9.17) is 5.73 Å². The number of aryl methyl sites for hydroxylation is 1. The summed E-state index contributed by atoms with van der Waals surface area (Å²) in [6.07, 6.45) is 1.13. The number of nitrogens with one attached hydrogen (secondary N) is 1. The first kappa shape index (κ1) is 14.7. The van der Waals surface area contributed by atoms with Gasteiger partial charge in [0, 0.05) is 17.8 Å². The van der Waals surface area contributed by atoms with Crippen molar-refractivity contribution in [2.45, 2.75) is 32.9 Å². The molecule has 0 atom stereocenters. The Morgan fingerprint density at radius 1 is 1.35 bits per heavy atom. The van der Waals surface area contributed by atoms with Crippen LogP contribution in [-0.2, 0) is 16.6 Å². The monoisotopic (exact) mass is 297 g/mol. The molecule has 0 radical (unpaired) electrons. The Kier molecular flexibility index (Phi) is 3.47. The van der Waals surface area contributed by atoms with Crippen LogP contribution < -0.4 is 10.5 Å². The fraction of sp³-hybridized carbons (Fsp3) is 0.500. The van der Waals surface area contributed by atoms with Crippen molar-refractivity contribution in [3.63, 3.8) is 0 Å². The molecule has 0 saturated heterocycles. The van der Waals surface area contributed by atoms with Crippen LogP contribution in [0.25, 0.3) is 11.2 Å². The summed E-state index contributed by atoms with van der Waals surface area (Å²) in [4.78, 5) is 8.66. The number of hydrogen-bond donors (Lipinski definition) is 2. The Balaban J connectivity index is 2.43. The summed E-state index contributed by atoms with van der Waals surface area (Å²) in [5.74, 6) is 0.321. The Morgan fingerprint density at radius 3 is 2.60 bits per heavy atom. The van der Waals surface area contributed by atoms with Gasteiger partial charge in [0.15, 0.2) is 5.65 Å². The lowest BCUT2D eigenvalue weighted by Crippen LogP contribution is -2.46. The number of sulfonamides is 1. The molecule has 0 aliphatic carbocycles. The molecule has 0 aliphatic heterocycles. The zero-order valence-corrected chi connectivity index (χ0v) is 12.8. The van der Waals surface area contributed by atoms with Gasteiger partial charge in [-0.25, -0.2) is 23.1 Å². The molecule has 2 rings (SSSR count). The van der Waals surface area contributed by atoms with Gasteiger partial charge in [-0.2, -0.15) is 0 Å². The van der Waals surface area contributed by atoms with E-state index >= 15 is 0 Å². The standard InChI is InChI=1S/C12H19N5O2S/c1-8-5-6-9-10(14-8)17(11(13)15-9)7-12(2,3)16-20(4,18)19/h5-6,16H,7H2,1-4H3,(H2,13,15). The Bertz CT molecular complexity index is 749. The van der Waals surface area contributed by atoms with Crippen LogP contribution in [0.15, 0.2) is 12.1 Å². The zero-order chi connectivity index (χ0) is 15.1. The van der Waals surface area contributed by atoms with E-state index in [9.17, 15) is 8.42 Å². The SMILES string of the molecule is Cc1ccc2nc(N)n(CC(C)(C)NS(C)(=O)=O)c2n1. The second kappa shape index (κ2) is 4.71. The van der Waals surface area contributed by atoms with Crippen LogP contribution in [0.4, 0.5) is 5.95 Å². The number of fused-ring (bicyclic) bond motifs is 1. The maximum atomic E-state index is 11.4. The topological polar surface area (TPSA) is 103 Å². The number of imidazole rings is 1. The lowest BCUT2D eigenvalue weighted by Gasteiger charge is -2.26. The smallest absolute Gasteiger partial charge is 0.209 e. The van der Waals surface area contributed by atoms with E-state index in [0.29, 0.717) is 23.7 Å². The number of nitrogen functional groups attached to an aromatic ring is 1. The molecule has 0 unspecified atom stereocenters. The van der Waals surface area contributed by atoms with Crippen LogP contribution >= 0.6 is 0 Å². The minimum absolute atomic E-state index is 0.321. The second-order valence-corrected chi connectivity index (χ2v) is 7.36. The quantitative estimate of drug-likeness (QED) is 0.862. The summed E-state index contributed by atoms with van der Waals surface area (Å²) in [5.41, 5.74) is 7.43. The first-order chi connectivity index (χ1) is 9.07. The summed E-state index contributed by atoms with van der Waals surface area (Å²) in [6, 6.07) is 3.71. The number of pyridine rings is 1. The lowest BCUT2D eigenvalue weighted by atomic mass is 10.1. The maximum absolute atomic E-state index is 11.4. The van der Waals surface area contributed by atoms with Crippen molar-refractivity contribution < 1.29 is 8.42 Å². The number of nitrogens with two attached hydrogens (primary N) is 1. The van der Waals surface area contributed by atoms with Gasteiger partial charge in [-0.15, -0.1) is 0 Å². The summed E-state index contributed by atoms with van der Waals surface area (Å²) in [5, 5.41) is 0. The number of rotatable bonds is 4. The van der Waals surface area contributed by atoms with Crippen molar-refractivity contribution in [2.24, 2.45) is 0 Å². The highest BCUT2D eigenvalue weighted by Gasteiger charge is 2.25. The first-order valence-corrected chi connectivity index (χ1v) is 8.05. The molecule has 8 heteroatoms. The molecule has 110 valence electrons. The van der Waals surface area contributed by atoms with Gasteiger partial charge in [0.05, 0.1) is 6.26 Å². The molecule has 2 heterocycles. The van der Waals surface area contributed by atoms with E-state index < -0.39 is 15.6 Å². The molecular formula is C12H19N5O2S. The molecular weight excluding hydrogens is 278 g/mol. The van der Waals surface area contributed by atoms with Crippen molar-refractivity contribution >= 4 is 27.1 Å². The molecule has 0 fully saturated rings. The highest BCUT2D eigenvalue weighted by Crippen LogP contribution is 2.19. The van der Waals surface area contributed by atoms with E-state index in [1.807, 2.05) is 19.1 Å². The van der Waals surface area contributed by atoms with Crippen LogP contribution in [-0.4, -0.2) is 34.7 Å². The third kappa shape index (κ3) is 3.26. The van der Waals surface area contributed by atoms with Gasteiger partial charge >= 0.3 is 0 Å². The molecule has 0 bridgehead atoms. The minimum Gasteiger partial charge on any atom is -0.369 e. The average molecular weight is 297 g/mol. The molecule has 0 aromatic carbocycles. The van der Waals surface area contributed by atoms with Gasteiger partial charge in [0.25, 0.3) is 0 Å². The van der Waals surface area contributed by atoms with Gasteiger partial charge < -0.3 is 5.73 Å². The highest BCUT2D eigenvalue weighted by atomic mass is 32.2. The maximum Gasteiger partial charge on any atom is 0.209 e. The number of nitrogens with zero attached hydrogens (tertiary/aromatic N) is 3. The number of anilines is 1. The molecule has 0 spiro atoms. The molecule has 20 heavy (non-hydrogen) atoms. The number of aromatic nitrogens is 3. The lowest BCUT2D eigenvalue weighted by molar-refractivity contribution is 0.397. The van der Waals surface area contributed by atoms with Crippen molar-refractivity contribution in [3.05, 3.63) is 17.8 Å². The minimum atomic E-state index is -3.30. The van der Waals surface area contributed by atoms with Crippen LogP contribution in [0.5, 0.6) is 0 Å². The van der Waals surface area contributed by atoms with Crippen molar-refractivity contribution in [3.8, 4) is 0 Å². The van der Waals surface area contributed by atoms with Gasteiger partial charge in [0.1, 0.15) is 5.52 Å². The van der Waals surface area contributed by atoms with Gasteiger partial charge in [0.2, 0.25) is 16.0 Å². The molecule has 3 N–H and O–H groups in total. The fourth-order valence-electron chi connectivity index (χ4n) is 2.20. The largest absolute Gasteiger partial charge is 0.369 e. The first-order valence-electron chi connectivity index (χ1n) is 6.16. The Labute approximate surface area is 118 Å². The van der Waals surface area contributed by atoms with Gasteiger partial charge in [-0.3, -0.25) is 4.57 Å². The van der Waals surface area contributed by atoms with Crippen LogP contribution in [0, 0.1) is 6.92 Å². The molecule has 7 nitrogen and oxygen atoms in total. The van der Waals surface area contributed by atoms with Gasteiger partial charge in [-0.05, 0) is 32.9 Å². The van der Waals surface area contributed by atoms with E-state index in [2.05, 4.69) is 14.7 Å². The van der Waals surface area contributed by atoms with Crippen molar-refractivity contribution in [1.82, 2.24) is 19.3 Å². The summed E-state index contributed by atoms with van der Waals surface area (Å²) >= 11 is 0.